The number of halogens is 2. The van der Waals surface area contributed by atoms with Crippen molar-refractivity contribution in [2.75, 3.05) is 0 Å². The zero-order valence-corrected chi connectivity index (χ0v) is 44.8. The molecule has 4 aromatic carbocycles. The second kappa shape index (κ2) is 25.7. The molecular weight excluding hydrogens is 886 g/mol. The van der Waals surface area contributed by atoms with Crippen molar-refractivity contribution in [3.05, 3.63) is 132 Å². The number of benzene rings is 2. The van der Waals surface area contributed by atoms with Crippen molar-refractivity contribution in [1.29, 1.82) is 0 Å². The van der Waals surface area contributed by atoms with E-state index in [0.717, 1.165) is 12.8 Å². The van der Waals surface area contributed by atoms with Gasteiger partial charge in [-0.25, -0.2) is 24.3 Å². The Hall–Kier alpha value is -0.600. The summed E-state index contributed by atoms with van der Waals surface area (Å²) in [5.41, 5.74) is 7.49. The Balaban J connectivity index is 0. The van der Waals surface area contributed by atoms with E-state index in [0.29, 0.717) is 10.8 Å². The molecule has 0 aliphatic heterocycles. The molecule has 0 saturated carbocycles. The van der Waals surface area contributed by atoms with Gasteiger partial charge in [-0.05, 0) is 10.8 Å². The maximum atomic E-state index is 3.16. The van der Waals surface area contributed by atoms with E-state index in [2.05, 4.69) is 206 Å². The second-order valence-corrected chi connectivity index (χ2v) is 36.9. The number of rotatable bonds is 0. The van der Waals surface area contributed by atoms with Gasteiger partial charge in [-0.2, -0.15) is 11.1 Å². The Bertz CT molecular complexity index is 1690. The summed E-state index contributed by atoms with van der Waals surface area (Å²) in [4.78, 5) is 0. The van der Waals surface area contributed by atoms with E-state index in [9.17, 15) is 0 Å². The van der Waals surface area contributed by atoms with Crippen LogP contribution in [0, 0.1) is 23.0 Å². The molecule has 292 valence electrons. The Morgan fingerprint density at radius 2 is 0.778 bits per heavy atom. The van der Waals surface area contributed by atoms with Crippen LogP contribution in [0.25, 0.3) is 21.5 Å². The first-order valence-corrected chi connectivity index (χ1v) is 31.1. The van der Waals surface area contributed by atoms with E-state index in [1.807, 2.05) is 12.2 Å². The maximum absolute atomic E-state index is 3.16. The zero-order valence-electron chi connectivity index (χ0n) is 36.4. The normalized spacial score (nSPS) is 13.0. The third-order valence-corrected chi connectivity index (χ3v) is 8.29. The molecule has 2 aliphatic carbocycles. The van der Waals surface area contributed by atoms with E-state index in [-0.39, 0.29) is 46.5 Å². The van der Waals surface area contributed by atoms with Crippen LogP contribution in [0.15, 0.2) is 108 Å². The third kappa shape index (κ3) is 21.8. The van der Waals surface area contributed by atoms with Crippen LogP contribution >= 0.6 is 0 Å². The van der Waals surface area contributed by atoms with Gasteiger partial charge in [0.1, 0.15) is 0 Å². The zero-order chi connectivity index (χ0) is 39.9. The predicted octanol–water partition coefficient (Wildman–Crippen LogP) is 8.73. The molecule has 2 aliphatic rings. The summed E-state index contributed by atoms with van der Waals surface area (Å²) in [5.74, 6) is 0. The molecule has 0 radical (unpaired) electrons. The van der Waals surface area contributed by atoms with Gasteiger partial charge in [-0.1, -0.05) is 106 Å². The van der Waals surface area contributed by atoms with E-state index in [1.165, 1.54) is 43.8 Å². The molecule has 0 saturated heterocycles. The van der Waals surface area contributed by atoms with Crippen molar-refractivity contribution < 1.29 is 71.5 Å². The molecule has 0 unspecified atom stereocenters. The minimum Gasteiger partial charge on any atom is -1.00 e. The molecule has 0 spiro atoms. The van der Waals surface area contributed by atoms with E-state index in [4.69, 9.17) is 0 Å². The van der Waals surface area contributed by atoms with Crippen LogP contribution < -0.4 is 24.8 Å². The van der Waals surface area contributed by atoms with Crippen molar-refractivity contribution in [2.24, 2.45) is 10.8 Å². The number of hydrogen-bond acceptors (Lipinski definition) is 0. The fourth-order valence-corrected chi connectivity index (χ4v) is 5.41. The number of allylic oxidation sites excluding steroid dienone is 8. The topological polar surface area (TPSA) is 0 Å². The standard InChI is InChI=1S/2C13H15.2C9H13.2C2H6Si.2ClH.2Zr/c2*1-13(2,3)12-9-8-10-6-4-5-7-11(10)12;2*1-9(2,3)8-6-4-5-7-8;2*1-3-2;;;;/h2*4-9H,1-3H3;2*4,6H,7H2,1-3H3;2*1-2H3;2*1H;;/q4*-1;;;;;2*+2/p-2. The van der Waals surface area contributed by atoms with Crippen LogP contribution in [0.4, 0.5) is 0 Å². The number of fused-ring (bicyclic) bond motifs is 2. The van der Waals surface area contributed by atoms with Gasteiger partial charge in [0, 0.05) is 0 Å². The minimum absolute atomic E-state index is 0. The van der Waals surface area contributed by atoms with Crippen LogP contribution in [0.3, 0.4) is 0 Å². The van der Waals surface area contributed by atoms with E-state index in [1.54, 1.807) is 46.7 Å². The summed E-state index contributed by atoms with van der Waals surface area (Å²) in [6, 6.07) is 26.0. The van der Waals surface area contributed by atoms with Gasteiger partial charge in [0.05, 0.1) is 0 Å². The molecule has 0 nitrogen and oxygen atoms in total. The van der Waals surface area contributed by atoms with Crippen molar-refractivity contribution in [3.8, 4) is 0 Å². The Morgan fingerprint density at radius 3 is 0.981 bits per heavy atom. The summed E-state index contributed by atoms with van der Waals surface area (Å²) in [6.45, 7) is 36.2. The second-order valence-electron chi connectivity index (χ2n) is 18.1. The number of hydrogen-bond donors (Lipinski definition) is 0. The van der Waals surface area contributed by atoms with Gasteiger partial charge in [0.25, 0.3) is 0 Å². The molecule has 54 heavy (non-hydrogen) atoms. The molecule has 0 bridgehead atoms. The van der Waals surface area contributed by atoms with Gasteiger partial charge < -0.3 is 24.8 Å². The Morgan fingerprint density at radius 1 is 0.500 bits per heavy atom. The Labute approximate surface area is 375 Å². The molecule has 6 heteroatoms. The van der Waals surface area contributed by atoms with Gasteiger partial charge in [-0.3, -0.25) is 12.2 Å². The molecule has 4 aromatic rings. The molecular formula is C48H68Cl2Si2Zr2-2. The summed E-state index contributed by atoms with van der Waals surface area (Å²) < 4.78 is 0. The molecule has 0 aromatic heterocycles. The van der Waals surface area contributed by atoms with Crippen LogP contribution in [0.1, 0.15) is 107 Å². The smallest absolute Gasteiger partial charge is 1.00 e. The van der Waals surface area contributed by atoms with E-state index < -0.39 is 0 Å². The summed E-state index contributed by atoms with van der Waals surface area (Å²) in [7, 11) is 0. The minimum atomic E-state index is 0. The van der Waals surface area contributed by atoms with Gasteiger partial charge in [0.2, 0.25) is 0 Å². The first-order chi connectivity index (χ1) is 23.9. The van der Waals surface area contributed by atoms with E-state index >= 15 is 0 Å². The van der Waals surface area contributed by atoms with Gasteiger partial charge in [0.15, 0.2) is 0 Å². The molecule has 0 heterocycles. The molecule has 6 rings (SSSR count). The first-order valence-electron chi connectivity index (χ1n) is 18.7. The van der Waals surface area contributed by atoms with Gasteiger partial charge >= 0.3 is 83.7 Å². The average Bonchev–Trinajstić information content (AvgIpc) is 3.83. The molecule has 0 fully saturated rings. The predicted molar refractivity (Wildman–Crippen MR) is 231 cm³/mol. The summed E-state index contributed by atoms with van der Waals surface area (Å²) in [6.07, 6.45) is 16.7. The monoisotopic (exact) mass is 950 g/mol. The Kier molecular flexibility index (Phi) is 26.4. The van der Waals surface area contributed by atoms with Crippen LogP contribution in [0.2, 0.25) is 26.2 Å². The molecule has 0 amide bonds. The van der Waals surface area contributed by atoms with Crippen molar-refractivity contribution in [2.45, 2.75) is 133 Å². The van der Waals surface area contributed by atoms with Crippen LogP contribution in [0.5, 0.6) is 0 Å². The largest absolute Gasteiger partial charge is 1.00 e. The maximum Gasteiger partial charge on any atom is -1.00 e. The molecule has 0 N–H and O–H groups in total. The summed E-state index contributed by atoms with van der Waals surface area (Å²) >= 11 is 3.48. The fraction of sp³-hybridized carbons (Fsp3) is 0.458. The fourth-order valence-electron chi connectivity index (χ4n) is 5.41. The van der Waals surface area contributed by atoms with Crippen molar-refractivity contribution in [3.63, 3.8) is 0 Å². The average molecular weight is 955 g/mol. The first kappa shape index (κ1) is 55.5. The third-order valence-electron chi connectivity index (χ3n) is 8.29. The SMILES string of the molecule is CC(C)(C)C1=CC=[C-]C1.CC(C)(C)C1=CC=[C-]C1.CC(C)(C)c1c[cH-]c2ccccc12.CC(C)(C)c1c[cH-]c2ccccc12.C[Si](C)=[Zr+2].C[Si](C)=[Zr+2].[Cl-].[Cl-]. The molecule has 0 atom stereocenters. The quantitative estimate of drug-likeness (QED) is 0.122. The van der Waals surface area contributed by atoms with Gasteiger partial charge in [-0.15, -0.1) is 106 Å². The van der Waals surface area contributed by atoms with Crippen LogP contribution in [-0.2, 0) is 57.5 Å². The van der Waals surface area contributed by atoms with Crippen molar-refractivity contribution in [1.82, 2.24) is 0 Å². The van der Waals surface area contributed by atoms with Crippen molar-refractivity contribution >= 4 is 32.4 Å². The van der Waals surface area contributed by atoms with Crippen LogP contribution in [-0.4, -0.2) is 10.9 Å². The summed E-state index contributed by atoms with van der Waals surface area (Å²) in [5, 5.41) is 5.50.